The third kappa shape index (κ3) is 5.50. The van der Waals surface area contributed by atoms with Crippen molar-refractivity contribution in [1.29, 1.82) is 0 Å². The van der Waals surface area contributed by atoms with Crippen LogP contribution < -0.4 is 5.32 Å². The van der Waals surface area contributed by atoms with E-state index >= 15 is 0 Å². The molecule has 0 atom stereocenters. The average molecular weight is 464 g/mol. The number of hydrogen-bond acceptors (Lipinski definition) is 4. The summed E-state index contributed by atoms with van der Waals surface area (Å²) in [7, 11) is -3.44. The smallest absolute Gasteiger partial charge is 0.255 e. The van der Waals surface area contributed by atoms with Gasteiger partial charge in [-0.25, -0.2) is 8.42 Å². The molecule has 3 aromatic carbocycles. The molecule has 0 spiro atoms. The number of carbonyl (C=O) groups is 1. The molecule has 0 radical (unpaired) electrons. The molecule has 0 bridgehead atoms. The van der Waals surface area contributed by atoms with Crippen LogP contribution in [-0.4, -0.2) is 49.7 Å². The van der Waals surface area contributed by atoms with Crippen molar-refractivity contribution in [3.05, 3.63) is 95.1 Å². The fraction of sp³-hybridized carbons (Fsp3) is 0.269. The van der Waals surface area contributed by atoms with E-state index in [9.17, 15) is 13.2 Å². The number of hydrogen-bond donors (Lipinski definition) is 1. The van der Waals surface area contributed by atoms with Crippen molar-refractivity contribution in [2.24, 2.45) is 0 Å². The van der Waals surface area contributed by atoms with Gasteiger partial charge in [0, 0.05) is 44.0 Å². The molecule has 1 amide bonds. The first kappa shape index (κ1) is 23.2. The Bertz CT molecular complexity index is 1220. The summed E-state index contributed by atoms with van der Waals surface area (Å²) in [5.74, 6) is -0.135. The molecule has 0 aromatic heterocycles. The van der Waals surface area contributed by atoms with Crippen molar-refractivity contribution in [3.8, 4) is 0 Å². The van der Waals surface area contributed by atoms with Crippen LogP contribution in [0.3, 0.4) is 0 Å². The maximum Gasteiger partial charge on any atom is 0.255 e. The molecule has 1 aliphatic heterocycles. The van der Waals surface area contributed by atoms with E-state index < -0.39 is 10.0 Å². The normalized spacial score (nSPS) is 15.3. The zero-order valence-electron chi connectivity index (χ0n) is 19.0. The minimum atomic E-state index is -3.44. The Morgan fingerprint density at radius 3 is 2.15 bits per heavy atom. The summed E-state index contributed by atoms with van der Waals surface area (Å²) in [4.78, 5) is 15.2. The van der Waals surface area contributed by atoms with Crippen LogP contribution in [0.25, 0.3) is 0 Å². The topological polar surface area (TPSA) is 69.7 Å². The monoisotopic (exact) mass is 463 g/mol. The van der Waals surface area contributed by atoms with Crippen molar-refractivity contribution in [2.75, 3.05) is 31.5 Å². The highest BCUT2D eigenvalue weighted by molar-refractivity contribution is 7.89. The van der Waals surface area contributed by atoms with Crippen LogP contribution in [0.15, 0.2) is 77.7 Å². The molecule has 1 aliphatic rings. The minimum absolute atomic E-state index is 0.135. The summed E-state index contributed by atoms with van der Waals surface area (Å²) in [6.45, 7) is 7.06. The van der Waals surface area contributed by atoms with E-state index in [0.29, 0.717) is 36.6 Å². The standard InChI is InChI=1S/C26H29N3O3S/c1-20-8-13-24(18-21(20)2)27-26(30)23-11-9-22(10-12-23)19-28-14-16-29(17-15-28)33(31,32)25-6-4-3-5-7-25/h3-13,18H,14-17,19H2,1-2H3,(H,27,30). The summed E-state index contributed by atoms with van der Waals surface area (Å²) in [6, 6.07) is 22.1. The Balaban J connectivity index is 1.31. The van der Waals surface area contributed by atoms with Crippen molar-refractivity contribution in [3.63, 3.8) is 0 Å². The fourth-order valence-corrected chi connectivity index (χ4v) is 5.35. The molecule has 1 saturated heterocycles. The summed E-state index contributed by atoms with van der Waals surface area (Å²) in [6.07, 6.45) is 0. The first-order chi connectivity index (χ1) is 15.8. The van der Waals surface area contributed by atoms with Crippen molar-refractivity contribution in [2.45, 2.75) is 25.3 Å². The van der Waals surface area contributed by atoms with Crippen LogP contribution in [0, 0.1) is 13.8 Å². The van der Waals surface area contributed by atoms with E-state index in [1.54, 1.807) is 28.6 Å². The number of amides is 1. The predicted octanol–water partition coefficient (Wildman–Crippen LogP) is 4.06. The minimum Gasteiger partial charge on any atom is -0.322 e. The van der Waals surface area contributed by atoms with Gasteiger partial charge in [-0.05, 0) is 66.9 Å². The number of benzene rings is 3. The van der Waals surface area contributed by atoms with E-state index in [1.165, 1.54) is 5.56 Å². The maximum absolute atomic E-state index is 12.8. The predicted molar refractivity (Wildman–Crippen MR) is 131 cm³/mol. The number of aryl methyl sites for hydroxylation is 2. The van der Waals surface area contributed by atoms with E-state index in [2.05, 4.69) is 10.2 Å². The largest absolute Gasteiger partial charge is 0.322 e. The average Bonchev–Trinajstić information content (AvgIpc) is 2.83. The number of piperazine rings is 1. The Hall–Kier alpha value is -3.00. The number of rotatable bonds is 6. The van der Waals surface area contributed by atoms with Gasteiger partial charge in [-0.15, -0.1) is 0 Å². The van der Waals surface area contributed by atoms with Gasteiger partial charge in [-0.3, -0.25) is 9.69 Å². The highest BCUT2D eigenvalue weighted by Crippen LogP contribution is 2.19. The van der Waals surface area contributed by atoms with Crippen molar-refractivity contribution < 1.29 is 13.2 Å². The number of nitrogens with zero attached hydrogens (tertiary/aromatic N) is 2. The number of anilines is 1. The van der Waals surface area contributed by atoms with Gasteiger partial charge < -0.3 is 5.32 Å². The second kappa shape index (κ2) is 9.87. The molecule has 1 heterocycles. The van der Waals surface area contributed by atoms with Gasteiger partial charge in [0.25, 0.3) is 5.91 Å². The van der Waals surface area contributed by atoms with E-state index in [1.807, 2.05) is 62.4 Å². The first-order valence-corrected chi connectivity index (χ1v) is 12.5. The zero-order chi connectivity index (χ0) is 23.4. The molecular weight excluding hydrogens is 434 g/mol. The highest BCUT2D eigenvalue weighted by atomic mass is 32.2. The molecule has 0 unspecified atom stereocenters. The Kier molecular flexibility index (Phi) is 6.93. The van der Waals surface area contributed by atoms with Crippen LogP contribution in [0.4, 0.5) is 5.69 Å². The lowest BCUT2D eigenvalue weighted by Crippen LogP contribution is -2.48. The zero-order valence-corrected chi connectivity index (χ0v) is 19.8. The molecule has 1 N–H and O–H groups in total. The number of sulfonamides is 1. The SMILES string of the molecule is Cc1ccc(NC(=O)c2ccc(CN3CCN(S(=O)(=O)c4ccccc4)CC3)cc2)cc1C. The van der Waals surface area contributed by atoms with Gasteiger partial charge in [0.15, 0.2) is 0 Å². The first-order valence-electron chi connectivity index (χ1n) is 11.1. The lowest BCUT2D eigenvalue weighted by molar-refractivity contribution is 0.102. The van der Waals surface area contributed by atoms with Crippen LogP contribution in [0.5, 0.6) is 0 Å². The lowest BCUT2D eigenvalue weighted by atomic mass is 10.1. The van der Waals surface area contributed by atoms with Crippen LogP contribution in [0.1, 0.15) is 27.0 Å². The second-order valence-corrected chi connectivity index (χ2v) is 10.4. The Labute approximate surface area is 195 Å². The lowest BCUT2D eigenvalue weighted by Gasteiger charge is -2.34. The van der Waals surface area contributed by atoms with Crippen molar-refractivity contribution in [1.82, 2.24) is 9.21 Å². The molecule has 6 nitrogen and oxygen atoms in total. The molecule has 1 fully saturated rings. The molecule has 33 heavy (non-hydrogen) atoms. The highest BCUT2D eigenvalue weighted by Gasteiger charge is 2.28. The quantitative estimate of drug-likeness (QED) is 0.599. The molecule has 0 saturated carbocycles. The Morgan fingerprint density at radius 1 is 0.848 bits per heavy atom. The molecule has 3 aromatic rings. The van der Waals surface area contributed by atoms with Gasteiger partial charge in [-0.2, -0.15) is 4.31 Å². The van der Waals surface area contributed by atoms with Crippen molar-refractivity contribution >= 4 is 21.6 Å². The van der Waals surface area contributed by atoms with Gasteiger partial charge in [0.2, 0.25) is 10.0 Å². The second-order valence-electron chi connectivity index (χ2n) is 8.44. The van der Waals surface area contributed by atoms with E-state index in [4.69, 9.17) is 0 Å². The Morgan fingerprint density at radius 2 is 1.52 bits per heavy atom. The summed E-state index contributed by atoms with van der Waals surface area (Å²) < 4.78 is 27.1. The molecule has 0 aliphatic carbocycles. The van der Waals surface area contributed by atoms with E-state index in [0.717, 1.165) is 23.4 Å². The van der Waals surface area contributed by atoms with Crippen LogP contribution >= 0.6 is 0 Å². The summed E-state index contributed by atoms with van der Waals surface area (Å²) in [5.41, 5.74) is 4.82. The van der Waals surface area contributed by atoms with Gasteiger partial charge in [-0.1, -0.05) is 36.4 Å². The molecular formula is C26H29N3O3S. The van der Waals surface area contributed by atoms with Crippen LogP contribution in [-0.2, 0) is 16.6 Å². The third-order valence-electron chi connectivity index (χ3n) is 6.10. The third-order valence-corrected chi connectivity index (χ3v) is 8.01. The fourth-order valence-electron chi connectivity index (χ4n) is 3.91. The number of carbonyl (C=O) groups excluding carboxylic acids is 1. The number of nitrogens with one attached hydrogen (secondary N) is 1. The summed E-state index contributed by atoms with van der Waals surface area (Å²) in [5, 5.41) is 2.95. The molecule has 7 heteroatoms. The molecule has 172 valence electrons. The summed E-state index contributed by atoms with van der Waals surface area (Å²) >= 11 is 0. The van der Waals surface area contributed by atoms with Gasteiger partial charge >= 0.3 is 0 Å². The van der Waals surface area contributed by atoms with Crippen LogP contribution in [0.2, 0.25) is 0 Å². The van der Waals surface area contributed by atoms with Gasteiger partial charge in [0.1, 0.15) is 0 Å². The maximum atomic E-state index is 12.8. The molecule has 4 rings (SSSR count). The van der Waals surface area contributed by atoms with Gasteiger partial charge in [0.05, 0.1) is 4.90 Å². The van der Waals surface area contributed by atoms with E-state index in [-0.39, 0.29) is 5.91 Å².